The molecular weight excluding hydrogens is 326 g/mol. The fourth-order valence-corrected chi connectivity index (χ4v) is 1.54. The number of fused-ring (bicyclic) bond motifs is 1. The summed E-state index contributed by atoms with van der Waals surface area (Å²) in [6.45, 7) is 0. The van der Waals surface area contributed by atoms with Gasteiger partial charge < -0.3 is 9.47 Å². The molecule has 2 rings (SSSR count). The third kappa shape index (κ3) is 3.19. The number of methoxy groups -OCH3 is 2. The van der Waals surface area contributed by atoms with Gasteiger partial charge in [-0.15, -0.1) is 11.5 Å². The Morgan fingerprint density at radius 1 is 1.06 bits per heavy atom. The summed E-state index contributed by atoms with van der Waals surface area (Å²) in [5.74, 6) is 1.78. The molecular formula is C11H11Cl2O2Zr-. The first-order valence-corrected chi connectivity index (χ1v) is 10.8. The molecule has 0 fully saturated rings. The Balaban J connectivity index is 0.000000386. The third-order valence-electron chi connectivity index (χ3n) is 2.17. The van der Waals surface area contributed by atoms with E-state index in [9.17, 15) is 0 Å². The van der Waals surface area contributed by atoms with Gasteiger partial charge in [0.05, 0.1) is 20.0 Å². The summed E-state index contributed by atoms with van der Waals surface area (Å²) in [5, 5.41) is 2.20. The maximum atomic E-state index is 5.23. The van der Waals surface area contributed by atoms with Gasteiger partial charge in [0.15, 0.2) is 0 Å². The van der Waals surface area contributed by atoms with E-state index in [4.69, 9.17) is 26.5 Å². The molecule has 2 aromatic rings. The molecule has 2 nitrogen and oxygen atoms in total. The van der Waals surface area contributed by atoms with E-state index < -0.39 is 20.8 Å². The molecule has 0 spiro atoms. The Kier molecular flexibility index (Phi) is 6.34. The van der Waals surface area contributed by atoms with E-state index >= 15 is 0 Å². The van der Waals surface area contributed by atoms with Gasteiger partial charge in [0, 0.05) is 5.75 Å². The molecule has 0 radical (unpaired) electrons. The summed E-state index contributed by atoms with van der Waals surface area (Å²) in [6.07, 6.45) is 0. The van der Waals surface area contributed by atoms with Crippen LogP contribution in [0.5, 0.6) is 11.5 Å². The second-order valence-corrected chi connectivity index (χ2v) is 6.63. The van der Waals surface area contributed by atoms with Crippen LogP contribution in [0, 0.1) is 0 Å². The maximum absolute atomic E-state index is 5.23. The first-order chi connectivity index (χ1) is 7.78. The van der Waals surface area contributed by atoms with E-state index in [0.29, 0.717) is 0 Å². The Morgan fingerprint density at radius 2 is 1.62 bits per heavy atom. The quantitative estimate of drug-likeness (QED) is 0.773. The average Bonchev–Trinajstić information content (AvgIpc) is 2.77. The Morgan fingerprint density at radius 3 is 2.19 bits per heavy atom. The van der Waals surface area contributed by atoms with Crippen molar-refractivity contribution < 1.29 is 30.3 Å². The van der Waals surface area contributed by atoms with Crippen molar-refractivity contribution >= 4 is 27.8 Å². The molecule has 0 bridgehead atoms. The summed E-state index contributed by atoms with van der Waals surface area (Å²) >= 11 is -0.826. The Labute approximate surface area is 113 Å². The summed E-state index contributed by atoms with van der Waals surface area (Å²) in [6, 6.07) is 9.88. The summed E-state index contributed by atoms with van der Waals surface area (Å²) in [5.41, 5.74) is 0. The van der Waals surface area contributed by atoms with Gasteiger partial charge in [-0.1, -0.05) is 11.5 Å². The molecule has 0 atom stereocenters. The molecule has 0 unspecified atom stereocenters. The zero-order valence-corrected chi connectivity index (χ0v) is 12.9. The van der Waals surface area contributed by atoms with E-state index in [1.807, 2.05) is 30.3 Å². The van der Waals surface area contributed by atoms with Gasteiger partial charge in [0.2, 0.25) is 0 Å². The van der Waals surface area contributed by atoms with Crippen LogP contribution in [0.2, 0.25) is 0 Å². The average molecular weight is 337 g/mol. The third-order valence-corrected chi connectivity index (χ3v) is 2.17. The zero-order chi connectivity index (χ0) is 12.0. The standard InChI is InChI=1S/C11H11O2.2ClH.Zr/c1-12-10-6-7-11(13-2)9-5-3-4-8(9)10;;;/h3-7H,1-2H3;2*1H;/q-1;;;+2/p-2. The van der Waals surface area contributed by atoms with Gasteiger partial charge in [0.25, 0.3) is 0 Å². The number of ether oxygens (including phenoxy) is 2. The van der Waals surface area contributed by atoms with Gasteiger partial charge in [0.1, 0.15) is 0 Å². The van der Waals surface area contributed by atoms with E-state index in [-0.39, 0.29) is 0 Å². The second kappa shape index (κ2) is 7.26. The van der Waals surface area contributed by atoms with E-state index in [1.54, 1.807) is 14.2 Å². The van der Waals surface area contributed by atoms with Crippen LogP contribution in [-0.2, 0) is 20.8 Å². The predicted octanol–water partition coefficient (Wildman–Crippen LogP) is 3.95. The molecule has 0 amide bonds. The number of halogens is 2. The van der Waals surface area contributed by atoms with Crippen molar-refractivity contribution in [2.24, 2.45) is 0 Å². The fourth-order valence-electron chi connectivity index (χ4n) is 1.54. The first kappa shape index (κ1) is 14.0. The molecule has 0 heterocycles. The van der Waals surface area contributed by atoms with E-state index in [2.05, 4.69) is 0 Å². The van der Waals surface area contributed by atoms with E-state index in [0.717, 1.165) is 22.3 Å². The molecule has 0 saturated carbocycles. The minimum absolute atomic E-state index is 0.826. The van der Waals surface area contributed by atoms with Crippen LogP contribution >= 0.6 is 17.0 Å². The number of hydrogen-bond acceptors (Lipinski definition) is 2. The van der Waals surface area contributed by atoms with Crippen molar-refractivity contribution in [1.29, 1.82) is 0 Å². The summed E-state index contributed by atoms with van der Waals surface area (Å²) < 4.78 is 10.5. The molecule has 16 heavy (non-hydrogen) atoms. The SMILES string of the molecule is COc1ccc(OC)c2[cH-]ccc12.[Cl][Zr][Cl]. The van der Waals surface area contributed by atoms with Crippen LogP contribution in [0.4, 0.5) is 0 Å². The van der Waals surface area contributed by atoms with Crippen molar-refractivity contribution in [2.45, 2.75) is 0 Å². The van der Waals surface area contributed by atoms with Crippen molar-refractivity contribution in [1.82, 2.24) is 0 Å². The van der Waals surface area contributed by atoms with Crippen molar-refractivity contribution in [3.8, 4) is 11.5 Å². The fraction of sp³-hybridized carbons (Fsp3) is 0.182. The van der Waals surface area contributed by atoms with Crippen LogP contribution in [-0.4, -0.2) is 14.2 Å². The van der Waals surface area contributed by atoms with Crippen LogP contribution in [0.3, 0.4) is 0 Å². The van der Waals surface area contributed by atoms with Gasteiger partial charge in [-0.3, -0.25) is 0 Å². The molecule has 0 saturated heterocycles. The summed E-state index contributed by atoms with van der Waals surface area (Å²) in [7, 11) is 13.2. The van der Waals surface area contributed by atoms with Crippen molar-refractivity contribution in [3.63, 3.8) is 0 Å². The van der Waals surface area contributed by atoms with Gasteiger partial charge in [-0.05, 0) is 6.07 Å². The molecule has 0 aliphatic rings. The van der Waals surface area contributed by atoms with Gasteiger partial charge >= 0.3 is 37.9 Å². The summed E-state index contributed by atoms with van der Waals surface area (Å²) in [4.78, 5) is 0. The topological polar surface area (TPSA) is 18.5 Å². The van der Waals surface area contributed by atoms with Crippen LogP contribution in [0.25, 0.3) is 10.8 Å². The Hall–Kier alpha value is -0.107. The predicted molar refractivity (Wildman–Crippen MR) is 64.4 cm³/mol. The van der Waals surface area contributed by atoms with Crippen LogP contribution in [0.1, 0.15) is 0 Å². The number of hydrogen-bond donors (Lipinski definition) is 0. The molecule has 0 aliphatic heterocycles. The van der Waals surface area contributed by atoms with Crippen molar-refractivity contribution in [3.05, 3.63) is 30.3 Å². The van der Waals surface area contributed by atoms with Crippen LogP contribution in [0.15, 0.2) is 30.3 Å². The zero-order valence-electron chi connectivity index (χ0n) is 8.96. The van der Waals surface area contributed by atoms with Crippen LogP contribution < -0.4 is 9.47 Å². The molecule has 0 N–H and O–H groups in total. The van der Waals surface area contributed by atoms with Gasteiger partial charge in [-0.2, -0.15) is 12.1 Å². The monoisotopic (exact) mass is 335 g/mol. The molecule has 0 aromatic heterocycles. The minimum atomic E-state index is -0.826. The molecule has 0 aliphatic carbocycles. The molecule has 5 heteroatoms. The molecule has 86 valence electrons. The first-order valence-electron chi connectivity index (χ1n) is 4.51. The second-order valence-electron chi connectivity index (χ2n) is 2.89. The Bertz CT molecular complexity index is 404. The number of benzene rings is 1. The van der Waals surface area contributed by atoms with E-state index in [1.165, 1.54) is 0 Å². The van der Waals surface area contributed by atoms with Gasteiger partial charge in [-0.25, -0.2) is 0 Å². The molecule has 2 aromatic carbocycles. The normalized spacial score (nSPS) is 9.25. The van der Waals surface area contributed by atoms with Crippen molar-refractivity contribution in [2.75, 3.05) is 14.2 Å². The number of rotatable bonds is 2.